The first-order valence-electron chi connectivity index (χ1n) is 5.55. The lowest BCUT2D eigenvalue weighted by atomic mass is 10.1. The van der Waals surface area contributed by atoms with Gasteiger partial charge < -0.3 is 5.32 Å². The first-order valence-corrected chi connectivity index (χ1v) is 6.37. The SMILES string of the molecule is CNCCc1nnc(-c2c(F)ccc(C)c2F)s1. The van der Waals surface area contributed by atoms with Gasteiger partial charge in [-0.05, 0) is 25.6 Å². The average molecular weight is 269 g/mol. The summed E-state index contributed by atoms with van der Waals surface area (Å²) in [6, 6.07) is 2.67. The third kappa shape index (κ3) is 2.54. The van der Waals surface area contributed by atoms with Crippen molar-refractivity contribution in [2.24, 2.45) is 0 Å². The van der Waals surface area contributed by atoms with Gasteiger partial charge in [-0.1, -0.05) is 17.4 Å². The van der Waals surface area contributed by atoms with Crippen LogP contribution < -0.4 is 5.32 Å². The molecule has 0 radical (unpaired) electrons. The normalized spacial score (nSPS) is 10.9. The quantitative estimate of drug-likeness (QED) is 0.927. The lowest BCUT2D eigenvalue weighted by molar-refractivity contribution is 0.583. The number of aryl methyl sites for hydroxylation is 1. The summed E-state index contributed by atoms with van der Waals surface area (Å²) in [5.41, 5.74) is 0.321. The topological polar surface area (TPSA) is 37.8 Å². The smallest absolute Gasteiger partial charge is 0.153 e. The van der Waals surface area contributed by atoms with E-state index in [0.717, 1.165) is 11.6 Å². The van der Waals surface area contributed by atoms with Crippen LogP contribution in [0.25, 0.3) is 10.6 Å². The molecule has 0 spiro atoms. The van der Waals surface area contributed by atoms with Crippen molar-refractivity contribution in [3.05, 3.63) is 34.3 Å². The van der Waals surface area contributed by atoms with Gasteiger partial charge in [0.25, 0.3) is 0 Å². The molecule has 0 aliphatic heterocycles. The fourth-order valence-corrected chi connectivity index (χ4v) is 2.42. The lowest BCUT2D eigenvalue weighted by Gasteiger charge is -2.03. The van der Waals surface area contributed by atoms with Crippen LogP contribution in [0.3, 0.4) is 0 Å². The highest BCUT2D eigenvalue weighted by Gasteiger charge is 2.17. The molecule has 2 aromatic rings. The number of benzene rings is 1. The molecular weight excluding hydrogens is 256 g/mol. The number of hydrogen-bond acceptors (Lipinski definition) is 4. The van der Waals surface area contributed by atoms with E-state index in [1.165, 1.54) is 23.5 Å². The Bertz CT molecular complexity index is 554. The number of nitrogens with one attached hydrogen (secondary N) is 1. The summed E-state index contributed by atoms with van der Waals surface area (Å²) in [6.45, 7) is 2.36. The van der Waals surface area contributed by atoms with Gasteiger partial charge in [0.2, 0.25) is 0 Å². The molecule has 0 unspecified atom stereocenters. The van der Waals surface area contributed by atoms with Gasteiger partial charge in [-0.15, -0.1) is 10.2 Å². The Kier molecular flexibility index (Phi) is 3.98. The molecule has 0 saturated carbocycles. The number of nitrogens with zero attached hydrogens (tertiary/aromatic N) is 2. The summed E-state index contributed by atoms with van der Waals surface area (Å²) < 4.78 is 27.6. The van der Waals surface area contributed by atoms with Gasteiger partial charge in [0.05, 0.1) is 5.56 Å². The van der Waals surface area contributed by atoms with E-state index >= 15 is 0 Å². The molecule has 1 heterocycles. The molecule has 0 fully saturated rings. The zero-order valence-corrected chi connectivity index (χ0v) is 10.9. The standard InChI is InChI=1S/C12H13F2N3S/c1-7-3-4-8(13)10(11(7)14)12-17-16-9(18-12)5-6-15-2/h3-4,15H,5-6H2,1-2H3. The Balaban J connectivity index is 2.37. The highest BCUT2D eigenvalue weighted by molar-refractivity contribution is 7.14. The Morgan fingerprint density at radius 3 is 2.78 bits per heavy atom. The Morgan fingerprint density at radius 1 is 1.28 bits per heavy atom. The van der Waals surface area contributed by atoms with Crippen LogP contribution in [0.5, 0.6) is 0 Å². The minimum absolute atomic E-state index is 0.0804. The lowest BCUT2D eigenvalue weighted by Crippen LogP contribution is -2.09. The van der Waals surface area contributed by atoms with Crippen LogP contribution in [0, 0.1) is 18.6 Å². The van der Waals surface area contributed by atoms with E-state index in [1.54, 1.807) is 6.92 Å². The molecule has 96 valence electrons. The summed E-state index contributed by atoms with van der Waals surface area (Å²) in [5.74, 6) is -1.17. The van der Waals surface area contributed by atoms with E-state index in [-0.39, 0.29) is 5.56 Å². The van der Waals surface area contributed by atoms with Crippen molar-refractivity contribution < 1.29 is 8.78 Å². The first kappa shape index (κ1) is 13.0. The Labute approximate surface area is 108 Å². The summed E-state index contributed by atoms with van der Waals surface area (Å²) >= 11 is 1.22. The van der Waals surface area contributed by atoms with Crippen LogP contribution in [-0.4, -0.2) is 23.8 Å². The van der Waals surface area contributed by atoms with Gasteiger partial charge in [-0.25, -0.2) is 8.78 Å². The van der Waals surface area contributed by atoms with Crippen molar-refractivity contribution in [1.29, 1.82) is 0 Å². The van der Waals surface area contributed by atoms with E-state index in [1.807, 2.05) is 7.05 Å². The largest absolute Gasteiger partial charge is 0.319 e. The Morgan fingerprint density at radius 2 is 2.06 bits per heavy atom. The second-order valence-corrected chi connectivity index (χ2v) is 4.97. The molecule has 0 saturated heterocycles. The van der Waals surface area contributed by atoms with Crippen molar-refractivity contribution in [1.82, 2.24) is 15.5 Å². The van der Waals surface area contributed by atoms with E-state index < -0.39 is 11.6 Å². The van der Waals surface area contributed by atoms with Crippen LogP contribution in [0.1, 0.15) is 10.6 Å². The molecule has 0 aliphatic carbocycles. The van der Waals surface area contributed by atoms with Crippen molar-refractivity contribution >= 4 is 11.3 Å². The fourth-order valence-electron chi connectivity index (χ4n) is 1.54. The van der Waals surface area contributed by atoms with Crippen molar-refractivity contribution in [3.63, 3.8) is 0 Å². The maximum atomic E-state index is 13.9. The molecule has 1 aromatic heterocycles. The monoisotopic (exact) mass is 269 g/mol. The van der Waals surface area contributed by atoms with Crippen LogP contribution >= 0.6 is 11.3 Å². The molecule has 6 heteroatoms. The van der Waals surface area contributed by atoms with E-state index in [2.05, 4.69) is 15.5 Å². The molecule has 0 atom stereocenters. The molecule has 0 amide bonds. The molecule has 0 aliphatic rings. The van der Waals surface area contributed by atoms with Gasteiger partial charge in [-0.2, -0.15) is 0 Å². The molecule has 2 rings (SSSR count). The van der Waals surface area contributed by atoms with Crippen molar-refractivity contribution in [2.45, 2.75) is 13.3 Å². The predicted molar refractivity (Wildman–Crippen MR) is 67.6 cm³/mol. The Hall–Kier alpha value is -1.40. The van der Waals surface area contributed by atoms with E-state index in [0.29, 0.717) is 17.0 Å². The minimum Gasteiger partial charge on any atom is -0.319 e. The van der Waals surface area contributed by atoms with E-state index in [4.69, 9.17) is 0 Å². The molecule has 1 N–H and O–H groups in total. The summed E-state index contributed by atoms with van der Waals surface area (Å²) in [7, 11) is 1.84. The number of hydrogen-bond donors (Lipinski definition) is 1. The van der Waals surface area contributed by atoms with Crippen molar-refractivity contribution in [3.8, 4) is 10.6 Å². The number of rotatable bonds is 4. The van der Waals surface area contributed by atoms with E-state index in [9.17, 15) is 8.78 Å². The zero-order chi connectivity index (χ0) is 13.1. The zero-order valence-electron chi connectivity index (χ0n) is 10.1. The predicted octanol–water partition coefficient (Wildman–Crippen LogP) is 2.55. The van der Waals surface area contributed by atoms with Gasteiger partial charge >= 0.3 is 0 Å². The molecular formula is C12H13F2N3S. The summed E-state index contributed by atoms with van der Waals surface area (Å²) in [5, 5.41) is 11.8. The minimum atomic E-state index is -0.602. The number of likely N-dealkylation sites (N-methyl/N-ethyl adjacent to an activating group) is 1. The summed E-state index contributed by atoms with van der Waals surface area (Å²) in [6.07, 6.45) is 0.698. The average Bonchev–Trinajstić information content (AvgIpc) is 2.80. The van der Waals surface area contributed by atoms with Crippen molar-refractivity contribution in [2.75, 3.05) is 13.6 Å². The van der Waals surface area contributed by atoms with Gasteiger partial charge in [0.15, 0.2) is 5.01 Å². The number of halogens is 2. The third-order valence-electron chi connectivity index (χ3n) is 2.55. The maximum absolute atomic E-state index is 13.9. The van der Waals surface area contributed by atoms with Gasteiger partial charge in [-0.3, -0.25) is 0 Å². The maximum Gasteiger partial charge on any atom is 0.153 e. The highest BCUT2D eigenvalue weighted by Crippen LogP contribution is 2.30. The molecule has 18 heavy (non-hydrogen) atoms. The number of aromatic nitrogens is 2. The fraction of sp³-hybridized carbons (Fsp3) is 0.333. The van der Waals surface area contributed by atoms with Crippen LogP contribution in [0.4, 0.5) is 8.78 Å². The molecule has 1 aromatic carbocycles. The van der Waals surface area contributed by atoms with Gasteiger partial charge in [0, 0.05) is 13.0 Å². The van der Waals surface area contributed by atoms with Crippen LogP contribution in [-0.2, 0) is 6.42 Å². The molecule has 3 nitrogen and oxygen atoms in total. The third-order valence-corrected chi connectivity index (χ3v) is 3.55. The summed E-state index contributed by atoms with van der Waals surface area (Å²) in [4.78, 5) is 0. The first-order chi connectivity index (χ1) is 8.63. The second-order valence-electron chi connectivity index (χ2n) is 3.91. The van der Waals surface area contributed by atoms with Crippen LogP contribution in [0.15, 0.2) is 12.1 Å². The highest BCUT2D eigenvalue weighted by atomic mass is 32.1. The molecule has 0 bridgehead atoms. The van der Waals surface area contributed by atoms with Crippen LogP contribution in [0.2, 0.25) is 0 Å². The second kappa shape index (κ2) is 5.49. The van der Waals surface area contributed by atoms with Gasteiger partial charge in [0.1, 0.15) is 16.6 Å².